The molecule has 1 unspecified atom stereocenters. The molecule has 1 N–H and O–H groups in total. The third-order valence-electron chi connectivity index (χ3n) is 4.14. The minimum Gasteiger partial charge on any atom is -0.465 e. The molecule has 2 aliphatic rings. The van der Waals surface area contributed by atoms with Crippen LogP contribution in [0.3, 0.4) is 0 Å². The van der Waals surface area contributed by atoms with Crippen LogP contribution < -0.4 is 4.90 Å². The van der Waals surface area contributed by atoms with Gasteiger partial charge in [-0.3, -0.25) is 0 Å². The predicted octanol–water partition coefficient (Wildman–Crippen LogP) is 1.49. The van der Waals surface area contributed by atoms with Gasteiger partial charge in [0.1, 0.15) is 12.1 Å². The molecule has 3 rings (SSSR count). The molecule has 0 aromatic carbocycles. The van der Waals surface area contributed by atoms with Gasteiger partial charge in [0.25, 0.3) is 0 Å². The number of allylic oxidation sites excluding steroid dienone is 1. The number of anilines is 1. The number of amides is 1. The van der Waals surface area contributed by atoms with Crippen LogP contribution in [0.5, 0.6) is 0 Å². The Morgan fingerprint density at radius 1 is 1.35 bits per heavy atom. The van der Waals surface area contributed by atoms with Crippen molar-refractivity contribution in [1.29, 1.82) is 0 Å². The zero-order chi connectivity index (χ0) is 14.1. The third-order valence-corrected chi connectivity index (χ3v) is 4.14. The van der Waals surface area contributed by atoms with Gasteiger partial charge in [-0.15, -0.1) is 6.58 Å². The van der Waals surface area contributed by atoms with E-state index >= 15 is 0 Å². The van der Waals surface area contributed by atoms with Gasteiger partial charge in [0.15, 0.2) is 0 Å². The van der Waals surface area contributed by atoms with Gasteiger partial charge in [0, 0.05) is 43.4 Å². The summed E-state index contributed by atoms with van der Waals surface area (Å²) < 4.78 is 0. The summed E-state index contributed by atoms with van der Waals surface area (Å²) >= 11 is 0. The van der Waals surface area contributed by atoms with E-state index in [2.05, 4.69) is 21.4 Å². The zero-order valence-electron chi connectivity index (χ0n) is 11.3. The highest BCUT2D eigenvalue weighted by molar-refractivity contribution is 5.65. The highest BCUT2D eigenvalue weighted by atomic mass is 16.4. The fourth-order valence-corrected chi connectivity index (χ4v) is 3.03. The number of piperazine rings is 1. The molecule has 1 aromatic rings. The van der Waals surface area contributed by atoms with Crippen LogP contribution in [0.4, 0.5) is 10.6 Å². The molecule has 1 fully saturated rings. The van der Waals surface area contributed by atoms with Crippen molar-refractivity contribution >= 4 is 11.9 Å². The van der Waals surface area contributed by atoms with Crippen LogP contribution in [-0.4, -0.2) is 52.2 Å². The fourth-order valence-electron chi connectivity index (χ4n) is 3.03. The fraction of sp³-hybridized carbons (Fsp3) is 0.500. The molecular formula is C14H18N4O2. The van der Waals surface area contributed by atoms with Crippen LogP contribution in [0, 0.1) is 0 Å². The molecule has 2 heterocycles. The Balaban J connectivity index is 1.84. The molecule has 1 amide bonds. The maximum absolute atomic E-state index is 11.0. The Labute approximate surface area is 117 Å². The van der Waals surface area contributed by atoms with Crippen molar-refractivity contribution in [2.75, 3.05) is 31.1 Å². The normalized spacial score (nSPS) is 21.7. The number of hydrogen-bond acceptors (Lipinski definition) is 4. The average molecular weight is 274 g/mol. The SMILES string of the molecule is C=CC1CCc2ncnc(N3CCN(C(=O)O)CC3)c21. The van der Waals surface area contributed by atoms with Gasteiger partial charge in [0.05, 0.1) is 0 Å². The first-order valence-corrected chi connectivity index (χ1v) is 6.90. The van der Waals surface area contributed by atoms with E-state index in [1.165, 1.54) is 10.5 Å². The topological polar surface area (TPSA) is 69.6 Å². The molecule has 1 aliphatic carbocycles. The van der Waals surface area contributed by atoms with E-state index in [0.717, 1.165) is 24.4 Å². The summed E-state index contributed by atoms with van der Waals surface area (Å²) in [4.78, 5) is 23.4. The molecule has 6 nitrogen and oxygen atoms in total. The van der Waals surface area contributed by atoms with Crippen molar-refractivity contribution in [1.82, 2.24) is 14.9 Å². The largest absolute Gasteiger partial charge is 0.465 e. The molecule has 1 aromatic heterocycles. The molecule has 1 aliphatic heterocycles. The lowest BCUT2D eigenvalue weighted by Crippen LogP contribution is -2.48. The first kappa shape index (κ1) is 12.9. The number of carboxylic acid groups (broad SMARTS) is 1. The third kappa shape index (κ3) is 2.11. The summed E-state index contributed by atoms with van der Waals surface area (Å²) in [7, 11) is 0. The van der Waals surface area contributed by atoms with Crippen LogP contribution in [0.1, 0.15) is 23.6 Å². The molecule has 106 valence electrons. The number of fused-ring (bicyclic) bond motifs is 1. The maximum atomic E-state index is 11.0. The van der Waals surface area contributed by atoms with Gasteiger partial charge in [-0.25, -0.2) is 14.8 Å². The van der Waals surface area contributed by atoms with E-state index in [1.54, 1.807) is 6.33 Å². The number of aryl methyl sites for hydroxylation is 1. The molecule has 6 heteroatoms. The Morgan fingerprint density at radius 3 is 2.75 bits per heavy atom. The van der Waals surface area contributed by atoms with Gasteiger partial charge in [-0.05, 0) is 12.8 Å². The molecule has 1 atom stereocenters. The average Bonchev–Trinajstić information content (AvgIpc) is 2.90. The van der Waals surface area contributed by atoms with Crippen molar-refractivity contribution in [2.24, 2.45) is 0 Å². The van der Waals surface area contributed by atoms with E-state index < -0.39 is 6.09 Å². The van der Waals surface area contributed by atoms with Crippen molar-refractivity contribution in [3.8, 4) is 0 Å². The minimum absolute atomic E-state index is 0.318. The highest BCUT2D eigenvalue weighted by Crippen LogP contribution is 2.38. The highest BCUT2D eigenvalue weighted by Gasteiger charge is 2.29. The van der Waals surface area contributed by atoms with Crippen molar-refractivity contribution in [3.63, 3.8) is 0 Å². The van der Waals surface area contributed by atoms with E-state index in [9.17, 15) is 4.79 Å². The van der Waals surface area contributed by atoms with Crippen molar-refractivity contribution in [2.45, 2.75) is 18.8 Å². The summed E-state index contributed by atoms with van der Waals surface area (Å²) in [6.45, 7) is 6.30. The molecule has 0 spiro atoms. The van der Waals surface area contributed by atoms with Crippen LogP contribution in [0.2, 0.25) is 0 Å². The second-order valence-corrected chi connectivity index (χ2v) is 5.20. The smallest absolute Gasteiger partial charge is 0.407 e. The monoisotopic (exact) mass is 274 g/mol. The van der Waals surface area contributed by atoms with Gasteiger partial charge in [-0.2, -0.15) is 0 Å². The van der Waals surface area contributed by atoms with E-state index in [1.807, 2.05) is 6.08 Å². The van der Waals surface area contributed by atoms with Crippen LogP contribution in [0.15, 0.2) is 19.0 Å². The molecule has 0 bridgehead atoms. The molecule has 0 radical (unpaired) electrons. The zero-order valence-corrected chi connectivity index (χ0v) is 11.3. The molecule has 20 heavy (non-hydrogen) atoms. The number of rotatable bonds is 2. The van der Waals surface area contributed by atoms with Gasteiger partial charge < -0.3 is 14.9 Å². The second kappa shape index (κ2) is 5.11. The summed E-state index contributed by atoms with van der Waals surface area (Å²) in [6.07, 6.45) is 4.74. The number of hydrogen-bond donors (Lipinski definition) is 1. The standard InChI is InChI=1S/C14H18N4O2/c1-2-10-3-4-11-12(10)13(16-9-15-11)17-5-7-18(8-6-17)14(19)20/h2,9-10H,1,3-8H2,(H,19,20). The Bertz CT molecular complexity index is 538. The van der Waals surface area contributed by atoms with Crippen LogP contribution in [0.25, 0.3) is 0 Å². The summed E-state index contributed by atoms with van der Waals surface area (Å²) in [5.74, 6) is 1.28. The summed E-state index contributed by atoms with van der Waals surface area (Å²) in [6, 6.07) is 0. The van der Waals surface area contributed by atoms with Gasteiger partial charge in [-0.1, -0.05) is 6.08 Å². The lowest BCUT2D eigenvalue weighted by Gasteiger charge is -2.35. The first-order valence-electron chi connectivity index (χ1n) is 6.90. The lowest BCUT2D eigenvalue weighted by molar-refractivity contribution is 0.142. The summed E-state index contributed by atoms with van der Waals surface area (Å²) in [5, 5.41) is 9.00. The van der Waals surface area contributed by atoms with E-state index in [0.29, 0.717) is 32.1 Å². The maximum Gasteiger partial charge on any atom is 0.407 e. The van der Waals surface area contributed by atoms with Crippen LogP contribution >= 0.6 is 0 Å². The van der Waals surface area contributed by atoms with E-state index in [4.69, 9.17) is 5.11 Å². The van der Waals surface area contributed by atoms with Crippen molar-refractivity contribution < 1.29 is 9.90 Å². The predicted molar refractivity (Wildman–Crippen MR) is 75.1 cm³/mol. The molecule has 1 saturated heterocycles. The Hall–Kier alpha value is -2.11. The van der Waals surface area contributed by atoms with Gasteiger partial charge in [0.2, 0.25) is 0 Å². The quantitative estimate of drug-likeness (QED) is 0.827. The van der Waals surface area contributed by atoms with Crippen molar-refractivity contribution in [3.05, 3.63) is 30.2 Å². The van der Waals surface area contributed by atoms with E-state index in [-0.39, 0.29) is 0 Å². The minimum atomic E-state index is -0.846. The number of carbonyl (C=O) groups is 1. The molecule has 0 saturated carbocycles. The van der Waals surface area contributed by atoms with Crippen LogP contribution in [-0.2, 0) is 6.42 Å². The van der Waals surface area contributed by atoms with Gasteiger partial charge >= 0.3 is 6.09 Å². The lowest BCUT2D eigenvalue weighted by atomic mass is 10.0. The summed E-state index contributed by atoms with van der Waals surface area (Å²) in [5.41, 5.74) is 2.30. The Kier molecular flexibility index (Phi) is 3.30. The first-order chi connectivity index (χ1) is 9.70. The Morgan fingerprint density at radius 2 is 2.10 bits per heavy atom. The molecular weight excluding hydrogens is 256 g/mol. The number of nitrogens with zero attached hydrogens (tertiary/aromatic N) is 4. The number of aromatic nitrogens is 2. The second-order valence-electron chi connectivity index (χ2n) is 5.20.